The van der Waals surface area contributed by atoms with E-state index in [0.29, 0.717) is 0 Å². The number of ketones is 1. The molecule has 0 bridgehead atoms. The molecule has 3 rings (SSSR count). The number of alkyl carbamates (subject to hydrolysis) is 1. The molecule has 3 N–H and O–H groups in total. The van der Waals surface area contributed by atoms with Crippen LogP contribution in [0.5, 0.6) is 0 Å². The summed E-state index contributed by atoms with van der Waals surface area (Å²) in [6.07, 6.45) is 1.04. The molecule has 2 aromatic carbocycles. The fraction of sp³-hybridized carbons (Fsp3) is 0.280. The molecular weight excluding hydrogens is 438 g/mol. The highest BCUT2D eigenvalue weighted by atomic mass is 16.5. The van der Waals surface area contributed by atoms with Gasteiger partial charge in [0.1, 0.15) is 12.6 Å². The van der Waals surface area contributed by atoms with Crippen molar-refractivity contribution in [3.8, 4) is 0 Å². The lowest BCUT2D eigenvalue weighted by Crippen LogP contribution is -2.54. The van der Waals surface area contributed by atoms with Crippen molar-refractivity contribution in [3.05, 3.63) is 71.9 Å². The molecule has 0 aliphatic carbocycles. The number of rotatable bonds is 10. The lowest BCUT2D eigenvalue weighted by Gasteiger charge is -2.21. The maximum Gasteiger partial charge on any atom is 0.408 e. The van der Waals surface area contributed by atoms with Crippen LogP contribution >= 0.6 is 0 Å². The van der Waals surface area contributed by atoms with E-state index in [0.717, 1.165) is 22.0 Å². The number of para-hydroxylation sites is 1. The highest BCUT2D eigenvalue weighted by Crippen LogP contribution is 2.19. The first-order valence-electron chi connectivity index (χ1n) is 10.9. The lowest BCUT2D eigenvalue weighted by molar-refractivity contribution is -0.150. The highest BCUT2D eigenvalue weighted by Gasteiger charge is 2.31. The normalized spacial score (nSPS) is 12.4. The quantitative estimate of drug-likeness (QED) is 0.312. The lowest BCUT2D eigenvalue weighted by atomic mass is 10.0. The SMILES string of the molecule is CCOC(=O)[C@@H](NC(=O)[C@@H](Cc1c[nH]c2ccccc12)NC(=O)OCc1ccccc1)C(C)=O. The Bertz CT molecular complexity index is 1160. The number of nitrogens with one attached hydrogen (secondary N) is 3. The topological polar surface area (TPSA) is 127 Å². The standard InChI is InChI=1S/C25H27N3O6/c1-3-33-24(31)22(16(2)29)28-23(30)21(13-18-14-26-20-12-8-7-11-19(18)20)27-25(32)34-15-17-9-5-4-6-10-17/h4-12,14,21-22,26H,3,13,15H2,1-2H3,(H,27,32)(H,28,30)/t21-,22+/m1/s1. The van der Waals surface area contributed by atoms with Crippen molar-refractivity contribution in [2.24, 2.45) is 0 Å². The molecule has 0 saturated carbocycles. The number of carbonyl (C=O) groups excluding carboxylic acids is 4. The molecule has 0 aliphatic heterocycles. The van der Waals surface area contributed by atoms with Crippen LogP contribution in [0.3, 0.4) is 0 Å². The first-order chi connectivity index (χ1) is 16.4. The smallest absolute Gasteiger partial charge is 0.408 e. The molecular formula is C25H27N3O6. The molecule has 3 aromatic rings. The van der Waals surface area contributed by atoms with Gasteiger partial charge in [0.15, 0.2) is 11.8 Å². The predicted molar refractivity (Wildman–Crippen MR) is 125 cm³/mol. The third kappa shape index (κ3) is 6.44. The summed E-state index contributed by atoms with van der Waals surface area (Å²) < 4.78 is 10.1. The van der Waals surface area contributed by atoms with Crippen LogP contribution < -0.4 is 10.6 Å². The van der Waals surface area contributed by atoms with E-state index in [4.69, 9.17) is 9.47 Å². The Morgan fingerprint density at radius 2 is 1.65 bits per heavy atom. The number of ether oxygens (including phenoxy) is 2. The van der Waals surface area contributed by atoms with Crippen molar-refractivity contribution in [1.29, 1.82) is 0 Å². The van der Waals surface area contributed by atoms with Crippen LogP contribution in [0.1, 0.15) is 25.0 Å². The second-order valence-electron chi connectivity index (χ2n) is 7.63. The molecule has 2 atom stereocenters. The molecule has 9 nitrogen and oxygen atoms in total. The van der Waals surface area contributed by atoms with Crippen LogP contribution in [0, 0.1) is 0 Å². The summed E-state index contributed by atoms with van der Waals surface area (Å²) in [5.41, 5.74) is 2.43. The van der Waals surface area contributed by atoms with Crippen molar-refractivity contribution in [2.75, 3.05) is 6.61 Å². The van der Waals surface area contributed by atoms with E-state index in [1.165, 1.54) is 6.92 Å². The van der Waals surface area contributed by atoms with Gasteiger partial charge in [-0.3, -0.25) is 9.59 Å². The number of H-pyrrole nitrogens is 1. The summed E-state index contributed by atoms with van der Waals surface area (Å²) in [4.78, 5) is 52.8. The molecule has 34 heavy (non-hydrogen) atoms. The Morgan fingerprint density at radius 1 is 0.941 bits per heavy atom. The Balaban J connectivity index is 1.77. The van der Waals surface area contributed by atoms with E-state index >= 15 is 0 Å². The zero-order valence-electron chi connectivity index (χ0n) is 19.0. The van der Waals surface area contributed by atoms with Crippen molar-refractivity contribution >= 4 is 34.7 Å². The summed E-state index contributed by atoms with van der Waals surface area (Å²) in [7, 11) is 0. The number of hydrogen-bond acceptors (Lipinski definition) is 6. The predicted octanol–water partition coefficient (Wildman–Crippen LogP) is 2.64. The summed E-state index contributed by atoms with van der Waals surface area (Å²) >= 11 is 0. The van der Waals surface area contributed by atoms with Gasteiger partial charge in [-0.2, -0.15) is 0 Å². The zero-order valence-corrected chi connectivity index (χ0v) is 19.0. The van der Waals surface area contributed by atoms with Crippen LogP contribution in [0.15, 0.2) is 60.8 Å². The molecule has 1 aromatic heterocycles. The minimum Gasteiger partial charge on any atom is -0.464 e. The van der Waals surface area contributed by atoms with Gasteiger partial charge in [-0.05, 0) is 31.0 Å². The van der Waals surface area contributed by atoms with Gasteiger partial charge >= 0.3 is 12.1 Å². The van der Waals surface area contributed by atoms with Crippen molar-refractivity contribution in [1.82, 2.24) is 15.6 Å². The third-order valence-corrected chi connectivity index (χ3v) is 5.14. The Kier molecular flexibility index (Phi) is 8.39. The number of aromatic nitrogens is 1. The van der Waals surface area contributed by atoms with E-state index in [1.54, 1.807) is 25.3 Å². The molecule has 0 spiro atoms. The Morgan fingerprint density at radius 3 is 2.35 bits per heavy atom. The molecule has 1 heterocycles. The molecule has 178 valence electrons. The van der Waals surface area contributed by atoms with Crippen molar-refractivity contribution in [3.63, 3.8) is 0 Å². The van der Waals surface area contributed by atoms with Crippen LogP contribution in [0.4, 0.5) is 4.79 Å². The number of hydrogen-bond donors (Lipinski definition) is 3. The summed E-state index contributed by atoms with van der Waals surface area (Å²) in [5.74, 6) is -2.15. The summed E-state index contributed by atoms with van der Waals surface area (Å²) in [6, 6.07) is 14.0. The molecule has 0 aliphatic rings. The van der Waals surface area contributed by atoms with Gasteiger partial charge in [-0.15, -0.1) is 0 Å². The van der Waals surface area contributed by atoms with Crippen LogP contribution in [0.2, 0.25) is 0 Å². The summed E-state index contributed by atoms with van der Waals surface area (Å²) in [6.45, 7) is 2.85. The van der Waals surface area contributed by atoms with Crippen LogP contribution in [-0.2, 0) is 36.9 Å². The number of carbonyl (C=O) groups is 4. The number of amides is 2. The van der Waals surface area contributed by atoms with E-state index in [9.17, 15) is 19.2 Å². The van der Waals surface area contributed by atoms with Crippen LogP contribution in [-0.4, -0.2) is 47.4 Å². The van der Waals surface area contributed by atoms with Gasteiger partial charge in [-0.1, -0.05) is 48.5 Å². The molecule has 0 radical (unpaired) electrons. The third-order valence-electron chi connectivity index (χ3n) is 5.14. The number of esters is 1. The Hall–Kier alpha value is -4.14. The molecule has 2 amide bonds. The number of fused-ring (bicyclic) bond motifs is 1. The largest absolute Gasteiger partial charge is 0.464 e. The van der Waals surface area contributed by atoms with Crippen molar-refractivity contribution < 1.29 is 28.7 Å². The van der Waals surface area contributed by atoms with Gasteiger partial charge in [0.25, 0.3) is 0 Å². The molecule has 0 saturated heterocycles. The minimum absolute atomic E-state index is 0.0208. The van der Waals surface area contributed by atoms with Gasteiger partial charge in [0.2, 0.25) is 5.91 Å². The average molecular weight is 466 g/mol. The molecule has 0 unspecified atom stereocenters. The first kappa shape index (κ1) is 24.5. The molecule has 9 heteroatoms. The maximum atomic E-state index is 13.1. The first-order valence-corrected chi connectivity index (χ1v) is 10.9. The number of Topliss-reactive ketones (excluding diaryl/α,β-unsaturated/α-hetero) is 1. The van der Waals surface area contributed by atoms with Crippen LogP contribution in [0.25, 0.3) is 10.9 Å². The maximum absolute atomic E-state index is 13.1. The van der Waals surface area contributed by atoms with Crippen molar-refractivity contribution in [2.45, 2.75) is 39.0 Å². The van der Waals surface area contributed by atoms with E-state index in [-0.39, 0.29) is 19.6 Å². The van der Waals surface area contributed by atoms with E-state index < -0.39 is 35.8 Å². The monoisotopic (exact) mass is 465 g/mol. The summed E-state index contributed by atoms with van der Waals surface area (Å²) in [5, 5.41) is 5.83. The minimum atomic E-state index is -1.47. The second-order valence-corrected chi connectivity index (χ2v) is 7.63. The number of benzene rings is 2. The van der Waals surface area contributed by atoms with E-state index in [2.05, 4.69) is 15.6 Å². The second kappa shape index (κ2) is 11.6. The Labute approximate surface area is 196 Å². The molecule has 0 fully saturated rings. The fourth-order valence-electron chi connectivity index (χ4n) is 3.43. The fourth-order valence-corrected chi connectivity index (χ4v) is 3.43. The van der Waals surface area contributed by atoms with Gasteiger partial charge in [0.05, 0.1) is 6.61 Å². The number of aromatic amines is 1. The average Bonchev–Trinajstić information content (AvgIpc) is 3.24. The van der Waals surface area contributed by atoms with Gasteiger partial charge in [-0.25, -0.2) is 9.59 Å². The van der Waals surface area contributed by atoms with Gasteiger partial charge < -0.3 is 25.1 Å². The van der Waals surface area contributed by atoms with Gasteiger partial charge in [0, 0.05) is 23.5 Å². The zero-order chi connectivity index (χ0) is 24.5. The highest BCUT2D eigenvalue weighted by molar-refractivity contribution is 6.05. The van der Waals surface area contributed by atoms with E-state index in [1.807, 2.05) is 42.5 Å².